The first-order chi connectivity index (χ1) is 15.3. The van der Waals surface area contributed by atoms with Gasteiger partial charge in [-0.15, -0.1) is 0 Å². The summed E-state index contributed by atoms with van der Waals surface area (Å²) in [6.07, 6.45) is 0.0644. The molecule has 0 unspecified atom stereocenters. The molecule has 2 aromatic carbocycles. The first kappa shape index (κ1) is 24.2. The van der Waals surface area contributed by atoms with Crippen LogP contribution in [-0.2, 0) is 27.3 Å². The number of amides is 1. The Hall–Kier alpha value is -2.45. The lowest BCUT2D eigenvalue weighted by molar-refractivity contribution is -0.140. The number of piperazine rings is 1. The van der Waals surface area contributed by atoms with Crippen molar-refractivity contribution < 1.29 is 23.5 Å². The Morgan fingerprint density at radius 2 is 1.81 bits per heavy atom. The number of halogens is 2. The van der Waals surface area contributed by atoms with E-state index in [2.05, 4.69) is 27.8 Å². The first-order valence-corrected chi connectivity index (χ1v) is 11.3. The van der Waals surface area contributed by atoms with Gasteiger partial charge in [0.05, 0.1) is 13.5 Å². The van der Waals surface area contributed by atoms with Gasteiger partial charge < -0.3 is 14.4 Å². The third-order valence-corrected chi connectivity index (χ3v) is 6.16. The zero-order valence-electron chi connectivity index (χ0n) is 18.5. The number of hydrogen-bond donors (Lipinski definition) is 0. The molecule has 2 aromatic rings. The first-order valence-electron chi connectivity index (χ1n) is 10.5. The van der Waals surface area contributed by atoms with Gasteiger partial charge in [0.15, 0.2) is 6.61 Å². The Kier molecular flexibility index (Phi) is 8.26. The zero-order valence-corrected chi connectivity index (χ0v) is 20.1. The molecule has 0 saturated carbocycles. The van der Waals surface area contributed by atoms with E-state index >= 15 is 0 Å². The van der Waals surface area contributed by atoms with Crippen LogP contribution in [0.2, 0.25) is 0 Å². The number of benzene rings is 2. The zero-order chi connectivity index (χ0) is 23.3. The third kappa shape index (κ3) is 6.29. The van der Waals surface area contributed by atoms with Gasteiger partial charge in [0, 0.05) is 41.8 Å². The molecule has 1 saturated heterocycles. The van der Waals surface area contributed by atoms with Crippen molar-refractivity contribution in [2.75, 3.05) is 26.8 Å². The van der Waals surface area contributed by atoms with Crippen molar-refractivity contribution in [1.29, 1.82) is 0 Å². The number of ether oxygens (including phenoxy) is 2. The van der Waals surface area contributed by atoms with Crippen molar-refractivity contribution in [3.8, 4) is 5.75 Å². The van der Waals surface area contributed by atoms with Crippen molar-refractivity contribution in [3.05, 3.63) is 63.9 Å². The number of carbonyl (C=O) groups is 2. The molecule has 8 heteroatoms. The molecule has 0 N–H and O–H groups in total. The molecule has 1 fully saturated rings. The van der Waals surface area contributed by atoms with E-state index in [1.54, 1.807) is 30.3 Å². The summed E-state index contributed by atoms with van der Waals surface area (Å²) in [4.78, 5) is 28.8. The molecule has 1 aliphatic rings. The topological polar surface area (TPSA) is 59.1 Å². The highest BCUT2D eigenvalue weighted by Crippen LogP contribution is 2.25. The smallest absolute Gasteiger partial charge is 0.310 e. The van der Waals surface area contributed by atoms with Gasteiger partial charge >= 0.3 is 5.97 Å². The van der Waals surface area contributed by atoms with Gasteiger partial charge in [0.25, 0.3) is 5.91 Å². The second-order valence-corrected chi connectivity index (χ2v) is 9.01. The minimum absolute atomic E-state index is 0.0159. The summed E-state index contributed by atoms with van der Waals surface area (Å²) in [6.45, 7) is 6.00. The predicted octanol–water partition coefficient (Wildman–Crippen LogP) is 3.80. The second-order valence-electron chi connectivity index (χ2n) is 8.09. The number of carbonyl (C=O) groups excluding carboxylic acids is 2. The molecule has 0 aliphatic carbocycles. The number of esters is 1. The lowest BCUT2D eigenvalue weighted by Gasteiger charge is -2.44. The van der Waals surface area contributed by atoms with Crippen LogP contribution in [0.4, 0.5) is 4.39 Å². The second kappa shape index (κ2) is 10.9. The van der Waals surface area contributed by atoms with E-state index in [4.69, 9.17) is 9.47 Å². The van der Waals surface area contributed by atoms with Gasteiger partial charge in [-0.1, -0.05) is 28.1 Å². The van der Waals surface area contributed by atoms with Crippen LogP contribution in [0.3, 0.4) is 0 Å². The number of hydrogen-bond acceptors (Lipinski definition) is 5. The van der Waals surface area contributed by atoms with Crippen molar-refractivity contribution in [2.24, 2.45) is 0 Å². The average molecular weight is 507 g/mol. The summed E-state index contributed by atoms with van der Waals surface area (Å²) < 4.78 is 24.5. The number of nitrogens with zero attached hydrogens (tertiary/aromatic N) is 2. The van der Waals surface area contributed by atoms with E-state index in [0.29, 0.717) is 24.4 Å². The fourth-order valence-corrected chi connectivity index (χ4v) is 4.28. The number of methoxy groups -OCH3 is 1. The standard InChI is InChI=1S/C24H28BrFN2O4/c1-16-13-28(17(2)12-27(16)14-18-4-7-21(26)8-5-18)23(29)15-32-22-9-6-20(25)10-19(22)11-24(30)31-3/h4-10,16-17H,11-15H2,1-3H3/t16-,17+/m0/s1. The Morgan fingerprint density at radius 1 is 1.09 bits per heavy atom. The predicted molar refractivity (Wildman–Crippen MR) is 123 cm³/mol. The van der Waals surface area contributed by atoms with Gasteiger partial charge in [-0.25, -0.2) is 4.39 Å². The Balaban J connectivity index is 1.59. The largest absolute Gasteiger partial charge is 0.483 e. The molecule has 1 aliphatic heterocycles. The van der Waals surface area contributed by atoms with Crippen LogP contribution in [0.15, 0.2) is 46.9 Å². The van der Waals surface area contributed by atoms with Crippen molar-refractivity contribution >= 4 is 27.8 Å². The van der Waals surface area contributed by atoms with Gasteiger partial charge in [0.1, 0.15) is 11.6 Å². The molecular formula is C24H28BrFN2O4. The van der Waals surface area contributed by atoms with Crippen LogP contribution in [0.5, 0.6) is 5.75 Å². The lowest BCUT2D eigenvalue weighted by Crippen LogP contribution is -2.58. The molecule has 6 nitrogen and oxygen atoms in total. The maximum atomic E-state index is 13.2. The normalized spacial score (nSPS) is 19.0. The van der Waals surface area contributed by atoms with Crippen molar-refractivity contribution in [2.45, 2.75) is 38.9 Å². The van der Waals surface area contributed by atoms with E-state index in [1.807, 2.05) is 11.8 Å². The summed E-state index contributed by atoms with van der Waals surface area (Å²) in [5.74, 6) is -0.231. The van der Waals surface area contributed by atoms with Crippen LogP contribution in [0, 0.1) is 5.82 Å². The fraction of sp³-hybridized carbons (Fsp3) is 0.417. The maximum Gasteiger partial charge on any atom is 0.310 e. The molecule has 32 heavy (non-hydrogen) atoms. The van der Waals surface area contributed by atoms with E-state index in [9.17, 15) is 14.0 Å². The Bertz CT molecular complexity index is 954. The highest BCUT2D eigenvalue weighted by Gasteiger charge is 2.32. The van der Waals surface area contributed by atoms with Crippen molar-refractivity contribution in [3.63, 3.8) is 0 Å². The van der Waals surface area contributed by atoms with Crippen LogP contribution >= 0.6 is 15.9 Å². The SMILES string of the molecule is COC(=O)Cc1cc(Br)ccc1OCC(=O)N1C[C@H](C)N(Cc2ccc(F)cc2)C[C@H]1C. The number of rotatable bonds is 7. The molecule has 3 rings (SSSR count). The highest BCUT2D eigenvalue weighted by atomic mass is 79.9. The molecular weight excluding hydrogens is 479 g/mol. The summed E-state index contributed by atoms with van der Waals surface area (Å²) in [6, 6.07) is 12.0. The van der Waals surface area contributed by atoms with Crippen LogP contribution in [0.25, 0.3) is 0 Å². The molecule has 172 valence electrons. The fourth-order valence-electron chi connectivity index (χ4n) is 3.87. The van der Waals surface area contributed by atoms with Gasteiger partial charge in [0.2, 0.25) is 0 Å². The molecule has 0 radical (unpaired) electrons. The van der Waals surface area contributed by atoms with Gasteiger partial charge in [-0.05, 0) is 49.7 Å². The summed E-state index contributed by atoms with van der Waals surface area (Å²) in [7, 11) is 1.34. The molecule has 2 atom stereocenters. The summed E-state index contributed by atoms with van der Waals surface area (Å²) in [5, 5.41) is 0. The Labute approximate surface area is 196 Å². The maximum absolute atomic E-state index is 13.2. The monoisotopic (exact) mass is 506 g/mol. The molecule has 1 heterocycles. The van der Waals surface area contributed by atoms with Gasteiger partial charge in [-0.3, -0.25) is 14.5 Å². The molecule has 1 amide bonds. The quantitative estimate of drug-likeness (QED) is 0.534. The lowest BCUT2D eigenvalue weighted by atomic mass is 10.1. The van der Waals surface area contributed by atoms with Crippen LogP contribution in [0.1, 0.15) is 25.0 Å². The van der Waals surface area contributed by atoms with Crippen molar-refractivity contribution in [1.82, 2.24) is 9.80 Å². The molecule has 0 bridgehead atoms. The van der Waals surface area contributed by atoms with Crippen LogP contribution < -0.4 is 4.74 Å². The van der Waals surface area contributed by atoms with E-state index < -0.39 is 0 Å². The summed E-state index contributed by atoms with van der Waals surface area (Å²) >= 11 is 3.39. The Morgan fingerprint density at radius 3 is 2.50 bits per heavy atom. The van der Waals surface area contributed by atoms with E-state index in [0.717, 1.165) is 16.6 Å². The minimum atomic E-state index is -0.376. The van der Waals surface area contributed by atoms with Crippen LogP contribution in [-0.4, -0.2) is 60.6 Å². The summed E-state index contributed by atoms with van der Waals surface area (Å²) in [5.41, 5.74) is 1.70. The molecule has 0 aromatic heterocycles. The molecule has 0 spiro atoms. The average Bonchev–Trinajstić information content (AvgIpc) is 2.76. The third-order valence-electron chi connectivity index (χ3n) is 5.67. The van der Waals surface area contributed by atoms with E-state index in [-0.39, 0.29) is 42.8 Å². The highest BCUT2D eigenvalue weighted by molar-refractivity contribution is 9.10. The van der Waals surface area contributed by atoms with Gasteiger partial charge in [-0.2, -0.15) is 0 Å². The minimum Gasteiger partial charge on any atom is -0.483 e. The van der Waals surface area contributed by atoms with E-state index in [1.165, 1.54) is 19.2 Å².